The van der Waals surface area contributed by atoms with Crippen molar-refractivity contribution in [2.75, 3.05) is 25.5 Å². The molecule has 2 heterocycles. The third-order valence-corrected chi connectivity index (χ3v) is 5.31. The number of aryl methyl sites for hydroxylation is 1. The minimum absolute atomic E-state index is 0.0906. The SMILES string of the molecule is COc1ccc(NC(=O)N2CC(NC(=O)c3ccccc3)C(c3n[nH]c(C)n3)C2)cc1F. The van der Waals surface area contributed by atoms with Crippen LogP contribution in [0.2, 0.25) is 0 Å². The smallest absolute Gasteiger partial charge is 0.321 e. The largest absolute Gasteiger partial charge is 0.494 e. The zero-order valence-electron chi connectivity index (χ0n) is 17.6. The van der Waals surface area contributed by atoms with E-state index in [1.807, 2.05) is 6.07 Å². The van der Waals surface area contributed by atoms with E-state index in [4.69, 9.17) is 4.74 Å². The highest BCUT2D eigenvalue weighted by Gasteiger charge is 2.39. The number of urea groups is 1. The number of hydrogen-bond donors (Lipinski definition) is 3. The molecule has 1 aliphatic heterocycles. The van der Waals surface area contributed by atoms with E-state index in [-0.39, 0.29) is 24.1 Å². The van der Waals surface area contributed by atoms with Gasteiger partial charge in [0.2, 0.25) is 0 Å². The summed E-state index contributed by atoms with van der Waals surface area (Å²) >= 11 is 0. The highest BCUT2D eigenvalue weighted by atomic mass is 19.1. The molecule has 0 saturated carbocycles. The highest BCUT2D eigenvalue weighted by Crippen LogP contribution is 2.27. The normalized spacial score (nSPS) is 17.8. The second-order valence-corrected chi connectivity index (χ2v) is 7.52. The third-order valence-electron chi connectivity index (χ3n) is 5.31. The standard InChI is InChI=1S/C22H23FN6O3/c1-13-24-20(28-27-13)16-11-29(12-18(16)26-21(30)14-6-4-3-5-7-14)22(31)25-15-8-9-19(32-2)17(23)10-15/h3-10,16,18H,11-12H2,1-2H3,(H,25,31)(H,26,30)(H,24,27,28). The number of nitrogens with one attached hydrogen (secondary N) is 3. The van der Waals surface area contributed by atoms with Crippen LogP contribution in [0, 0.1) is 12.7 Å². The second-order valence-electron chi connectivity index (χ2n) is 7.52. The van der Waals surface area contributed by atoms with Crippen LogP contribution in [0.4, 0.5) is 14.9 Å². The van der Waals surface area contributed by atoms with Crippen LogP contribution >= 0.6 is 0 Å². The zero-order valence-corrected chi connectivity index (χ0v) is 17.6. The summed E-state index contributed by atoms with van der Waals surface area (Å²) < 4.78 is 18.9. The van der Waals surface area contributed by atoms with Gasteiger partial charge in [-0.05, 0) is 31.2 Å². The molecular formula is C22H23FN6O3. The van der Waals surface area contributed by atoms with Gasteiger partial charge >= 0.3 is 6.03 Å². The van der Waals surface area contributed by atoms with Gasteiger partial charge in [0.25, 0.3) is 5.91 Å². The molecule has 166 valence electrons. The second kappa shape index (κ2) is 9.04. The molecule has 2 atom stereocenters. The van der Waals surface area contributed by atoms with E-state index in [0.717, 1.165) is 0 Å². The van der Waals surface area contributed by atoms with Gasteiger partial charge in [-0.1, -0.05) is 18.2 Å². The van der Waals surface area contributed by atoms with Crippen LogP contribution in [0.15, 0.2) is 48.5 Å². The van der Waals surface area contributed by atoms with E-state index >= 15 is 0 Å². The fraction of sp³-hybridized carbons (Fsp3) is 0.273. The van der Waals surface area contributed by atoms with Gasteiger partial charge in [-0.2, -0.15) is 5.10 Å². The molecule has 1 fully saturated rings. The lowest BCUT2D eigenvalue weighted by atomic mass is 10.0. The molecule has 2 unspecified atom stereocenters. The van der Waals surface area contributed by atoms with Gasteiger partial charge in [0.05, 0.1) is 19.1 Å². The van der Waals surface area contributed by atoms with E-state index in [2.05, 4.69) is 25.8 Å². The Bertz CT molecular complexity index is 1120. The van der Waals surface area contributed by atoms with Crippen molar-refractivity contribution in [3.8, 4) is 5.75 Å². The average Bonchev–Trinajstić information content (AvgIpc) is 3.40. The average molecular weight is 438 g/mol. The van der Waals surface area contributed by atoms with Gasteiger partial charge in [0, 0.05) is 30.4 Å². The molecule has 2 aromatic carbocycles. The maximum atomic E-state index is 14.0. The number of halogens is 1. The van der Waals surface area contributed by atoms with Crippen LogP contribution in [0.1, 0.15) is 27.9 Å². The topological polar surface area (TPSA) is 112 Å². The molecule has 4 rings (SSSR count). The third kappa shape index (κ3) is 4.53. The van der Waals surface area contributed by atoms with Crippen molar-refractivity contribution in [1.29, 1.82) is 0 Å². The van der Waals surface area contributed by atoms with E-state index in [0.29, 0.717) is 29.4 Å². The lowest BCUT2D eigenvalue weighted by Crippen LogP contribution is -2.41. The van der Waals surface area contributed by atoms with Crippen molar-refractivity contribution in [1.82, 2.24) is 25.4 Å². The van der Waals surface area contributed by atoms with Crippen molar-refractivity contribution >= 4 is 17.6 Å². The van der Waals surface area contributed by atoms with Crippen molar-refractivity contribution in [2.45, 2.75) is 18.9 Å². The maximum absolute atomic E-state index is 14.0. The Balaban J connectivity index is 1.50. The zero-order chi connectivity index (χ0) is 22.7. The van der Waals surface area contributed by atoms with Gasteiger partial charge in [0.1, 0.15) is 5.82 Å². The predicted molar refractivity (Wildman–Crippen MR) is 115 cm³/mol. The number of amides is 3. The Kier molecular flexibility index (Phi) is 6.02. The van der Waals surface area contributed by atoms with Gasteiger partial charge in [-0.25, -0.2) is 14.2 Å². The Morgan fingerprint density at radius 2 is 1.97 bits per heavy atom. The molecule has 0 bridgehead atoms. The number of aromatic amines is 1. The fourth-order valence-corrected chi connectivity index (χ4v) is 3.69. The van der Waals surface area contributed by atoms with Crippen LogP contribution in [0.3, 0.4) is 0 Å². The molecule has 0 spiro atoms. The van der Waals surface area contributed by atoms with Crippen LogP contribution in [-0.4, -0.2) is 58.3 Å². The summed E-state index contributed by atoms with van der Waals surface area (Å²) in [6.07, 6.45) is 0. The Labute approximate surface area is 184 Å². The first-order valence-corrected chi connectivity index (χ1v) is 10.1. The first-order chi connectivity index (χ1) is 15.4. The lowest BCUT2D eigenvalue weighted by molar-refractivity contribution is 0.0935. The Morgan fingerprint density at radius 1 is 1.19 bits per heavy atom. The van der Waals surface area contributed by atoms with Gasteiger partial charge in [0.15, 0.2) is 17.4 Å². The molecule has 10 heteroatoms. The monoisotopic (exact) mass is 438 g/mol. The summed E-state index contributed by atoms with van der Waals surface area (Å²) in [4.78, 5) is 31.5. The minimum Gasteiger partial charge on any atom is -0.494 e. The molecular weight excluding hydrogens is 415 g/mol. The molecule has 3 aromatic rings. The molecule has 1 aromatic heterocycles. The number of hydrogen-bond acceptors (Lipinski definition) is 5. The van der Waals surface area contributed by atoms with Gasteiger partial charge in [-0.3, -0.25) is 9.89 Å². The number of methoxy groups -OCH3 is 1. The number of benzene rings is 2. The van der Waals surface area contributed by atoms with Crippen molar-refractivity contribution in [2.24, 2.45) is 0 Å². The molecule has 1 aliphatic rings. The van der Waals surface area contributed by atoms with Crippen molar-refractivity contribution < 1.29 is 18.7 Å². The van der Waals surface area contributed by atoms with Gasteiger partial charge < -0.3 is 20.3 Å². The van der Waals surface area contributed by atoms with E-state index in [9.17, 15) is 14.0 Å². The van der Waals surface area contributed by atoms with Crippen molar-refractivity contribution in [3.63, 3.8) is 0 Å². The number of anilines is 1. The van der Waals surface area contributed by atoms with Gasteiger partial charge in [-0.15, -0.1) is 0 Å². The summed E-state index contributed by atoms with van der Waals surface area (Å²) in [5.74, 6) is 0.136. The first-order valence-electron chi connectivity index (χ1n) is 10.1. The number of ether oxygens (including phenoxy) is 1. The molecule has 0 radical (unpaired) electrons. The number of aromatic nitrogens is 3. The van der Waals surface area contributed by atoms with E-state index < -0.39 is 17.9 Å². The molecule has 0 aliphatic carbocycles. The quantitative estimate of drug-likeness (QED) is 0.567. The molecule has 32 heavy (non-hydrogen) atoms. The Morgan fingerprint density at radius 3 is 2.62 bits per heavy atom. The number of rotatable bonds is 5. The van der Waals surface area contributed by atoms with Crippen LogP contribution in [-0.2, 0) is 0 Å². The summed E-state index contributed by atoms with van der Waals surface area (Å²) in [6.45, 7) is 2.33. The number of nitrogens with zero attached hydrogens (tertiary/aromatic N) is 3. The number of carbonyl (C=O) groups excluding carboxylic acids is 2. The molecule has 9 nitrogen and oxygen atoms in total. The van der Waals surface area contributed by atoms with E-state index in [1.165, 1.54) is 19.2 Å². The maximum Gasteiger partial charge on any atom is 0.321 e. The molecule has 1 saturated heterocycles. The van der Waals surface area contributed by atoms with Crippen LogP contribution in [0.25, 0.3) is 0 Å². The highest BCUT2D eigenvalue weighted by molar-refractivity contribution is 5.94. The number of H-pyrrole nitrogens is 1. The Hall–Kier alpha value is -3.95. The lowest BCUT2D eigenvalue weighted by Gasteiger charge is -2.18. The van der Waals surface area contributed by atoms with Crippen LogP contribution < -0.4 is 15.4 Å². The summed E-state index contributed by atoms with van der Waals surface area (Å²) in [7, 11) is 1.37. The first kappa shape index (κ1) is 21.3. The number of carbonyl (C=O) groups is 2. The number of likely N-dealkylation sites (tertiary alicyclic amines) is 1. The predicted octanol–water partition coefficient (Wildman–Crippen LogP) is 2.69. The molecule has 3 N–H and O–H groups in total. The fourth-order valence-electron chi connectivity index (χ4n) is 3.69. The minimum atomic E-state index is -0.575. The summed E-state index contributed by atoms with van der Waals surface area (Å²) in [5, 5.41) is 12.7. The summed E-state index contributed by atoms with van der Waals surface area (Å²) in [5.41, 5.74) is 0.824. The van der Waals surface area contributed by atoms with E-state index in [1.54, 1.807) is 42.2 Å². The van der Waals surface area contributed by atoms with Crippen molar-refractivity contribution in [3.05, 3.63) is 71.6 Å². The summed E-state index contributed by atoms with van der Waals surface area (Å²) in [6, 6.07) is 12.2. The van der Waals surface area contributed by atoms with Crippen LogP contribution in [0.5, 0.6) is 5.75 Å². The molecule has 3 amide bonds.